The lowest BCUT2D eigenvalue weighted by Crippen LogP contribution is -2.43. The number of hydrogen-bond acceptors (Lipinski definition) is 4. The van der Waals surface area contributed by atoms with Gasteiger partial charge in [-0.3, -0.25) is 4.90 Å². The van der Waals surface area contributed by atoms with Gasteiger partial charge in [0.2, 0.25) is 0 Å². The fourth-order valence-electron chi connectivity index (χ4n) is 2.73. The first-order valence-corrected chi connectivity index (χ1v) is 7.81. The molecule has 2 aliphatic heterocycles. The first-order valence-electron chi connectivity index (χ1n) is 7.81. The second kappa shape index (κ2) is 7.08. The zero-order chi connectivity index (χ0) is 16.3. The first kappa shape index (κ1) is 17.4. The minimum atomic E-state index is -2.62. The molecule has 2 fully saturated rings. The molecular formula is C15H25F2NO4. The third-order valence-corrected chi connectivity index (χ3v) is 3.71. The molecule has 0 aromatic heterocycles. The highest BCUT2D eigenvalue weighted by molar-refractivity contribution is 5.69. The van der Waals surface area contributed by atoms with Crippen molar-refractivity contribution in [2.24, 2.45) is 0 Å². The van der Waals surface area contributed by atoms with Gasteiger partial charge in [-0.2, -0.15) is 0 Å². The predicted octanol–water partition coefficient (Wildman–Crippen LogP) is 3.17. The van der Waals surface area contributed by atoms with Crippen molar-refractivity contribution in [2.75, 3.05) is 13.2 Å². The van der Waals surface area contributed by atoms with Gasteiger partial charge in [0.1, 0.15) is 5.60 Å². The molecule has 2 rings (SSSR count). The summed E-state index contributed by atoms with van der Waals surface area (Å²) in [6, 6.07) is -1.16. The molecule has 3 unspecified atom stereocenters. The Kier molecular flexibility index (Phi) is 5.60. The average molecular weight is 321 g/mol. The zero-order valence-electron chi connectivity index (χ0n) is 13.4. The van der Waals surface area contributed by atoms with Crippen molar-refractivity contribution >= 4 is 6.09 Å². The number of alkyl halides is 2. The molecule has 1 amide bonds. The minimum Gasteiger partial charge on any atom is -0.444 e. The summed E-state index contributed by atoms with van der Waals surface area (Å²) in [6.07, 6.45) is -1.24. The van der Waals surface area contributed by atoms with E-state index >= 15 is 0 Å². The molecule has 0 bridgehead atoms. The molecule has 5 nitrogen and oxygen atoms in total. The van der Waals surface area contributed by atoms with Crippen molar-refractivity contribution in [1.82, 2.24) is 4.90 Å². The molecule has 0 N–H and O–H groups in total. The van der Waals surface area contributed by atoms with Crippen molar-refractivity contribution in [3.63, 3.8) is 0 Å². The van der Waals surface area contributed by atoms with E-state index in [0.717, 1.165) is 24.2 Å². The van der Waals surface area contributed by atoms with Crippen molar-refractivity contribution in [1.29, 1.82) is 0 Å². The predicted molar refractivity (Wildman–Crippen MR) is 75.8 cm³/mol. The van der Waals surface area contributed by atoms with Crippen LogP contribution in [0.2, 0.25) is 0 Å². The van der Waals surface area contributed by atoms with Gasteiger partial charge >= 0.3 is 6.09 Å². The molecule has 0 saturated carbocycles. The van der Waals surface area contributed by atoms with Crippen LogP contribution in [0.25, 0.3) is 0 Å². The van der Waals surface area contributed by atoms with Crippen LogP contribution in [-0.4, -0.2) is 54.6 Å². The Labute approximate surface area is 129 Å². The molecule has 0 aromatic carbocycles. The number of rotatable bonds is 3. The van der Waals surface area contributed by atoms with Crippen LogP contribution >= 0.6 is 0 Å². The third-order valence-electron chi connectivity index (χ3n) is 3.71. The molecule has 0 spiro atoms. The molecule has 0 aliphatic carbocycles. The van der Waals surface area contributed by atoms with E-state index in [-0.39, 0.29) is 19.3 Å². The Morgan fingerprint density at radius 1 is 1.32 bits per heavy atom. The van der Waals surface area contributed by atoms with Crippen LogP contribution in [0.3, 0.4) is 0 Å². The summed E-state index contributed by atoms with van der Waals surface area (Å²) in [6.45, 7) is 5.88. The smallest absolute Gasteiger partial charge is 0.410 e. The summed E-state index contributed by atoms with van der Waals surface area (Å²) in [5.41, 5.74) is -0.713. The SMILES string of the molecule is CC(C)(C)OC(=O)N1CC(OC2CCCCO2)CC1C(F)F. The molecule has 0 radical (unpaired) electrons. The molecular weight excluding hydrogens is 296 g/mol. The van der Waals surface area contributed by atoms with Crippen LogP contribution in [0.5, 0.6) is 0 Å². The minimum absolute atomic E-state index is 0.108. The summed E-state index contributed by atoms with van der Waals surface area (Å²) in [5.74, 6) is 0. The van der Waals surface area contributed by atoms with Crippen molar-refractivity contribution in [3.05, 3.63) is 0 Å². The van der Waals surface area contributed by atoms with Gasteiger partial charge in [-0.1, -0.05) is 0 Å². The number of hydrogen-bond donors (Lipinski definition) is 0. The van der Waals surface area contributed by atoms with E-state index in [4.69, 9.17) is 14.2 Å². The molecule has 3 atom stereocenters. The van der Waals surface area contributed by atoms with Crippen molar-refractivity contribution in [2.45, 2.75) is 76.9 Å². The molecule has 2 aliphatic rings. The Morgan fingerprint density at radius 2 is 2.05 bits per heavy atom. The topological polar surface area (TPSA) is 48.0 Å². The number of halogens is 2. The van der Waals surface area contributed by atoms with Crippen LogP contribution in [0.15, 0.2) is 0 Å². The lowest BCUT2D eigenvalue weighted by atomic mass is 10.2. The normalized spacial score (nSPS) is 29.9. The third kappa shape index (κ3) is 4.78. The number of nitrogens with zero attached hydrogens (tertiary/aromatic N) is 1. The van der Waals surface area contributed by atoms with E-state index in [1.807, 2.05) is 0 Å². The van der Waals surface area contributed by atoms with Gasteiger partial charge in [0.05, 0.1) is 18.7 Å². The Bertz CT molecular complexity index is 380. The fraction of sp³-hybridized carbons (Fsp3) is 0.933. The van der Waals surface area contributed by atoms with E-state index in [0.29, 0.717) is 6.61 Å². The van der Waals surface area contributed by atoms with Crippen molar-refractivity contribution in [3.8, 4) is 0 Å². The van der Waals surface area contributed by atoms with Gasteiger partial charge in [-0.05, 0) is 40.0 Å². The summed E-state index contributed by atoms with van der Waals surface area (Å²) < 4.78 is 42.8. The van der Waals surface area contributed by atoms with E-state index in [9.17, 15) is 13.6 Å². The monoisotopic (exact) mass is 321 g/mol. The van der Waals surface area contributed by atoms with Gasteiger partial charge in [0.15, 0.2) is 6.29 Å². The quantitative estimate of drug-likeness (QED) is 0.801. The van der Waals surface area contributed by atoms with Crippen molar-refractivity contribution < 1.29 is 27.8 Å². The molecule has 2 saturated heterocycles. The number of amides is 1. The Morgan fingerprint density at radius 3 is 2.59 bits per heavy atom. The maximum absolute atomic E-state index is 13.2. The van der Waals surface area contributed by atoms with Crippen LogP contribution in [0.1, 0.15) is 46.5 Å². The molecule has 2 heterocycles. The Hall–Kier alpha value is -0.950. The average Bonchev–Trinajstić information content (AvgIpc) is 2.82. The molecule has 128 valence electrons. The lowest BCUT2D eigenvalue weighted by molar-refractivity contribution is -0.185. The summed E-state index contributed by atoms with van der Waals surface area (Å²) in [5, 5.41) is 0. The highest BCUT2D eigenvalue weighted by Gasteiger charge is 2.43. The number of likely N-dealkylation sites (tertiary alicyclic amines) is 1. The number of ether oxygens (including phenoxy) is 3. The summed E-state index contributed by atoms with van der Waals surface area (Å²) in [4.78, 5) is 13.2. The van der Waals surface area contributed by atoms with Gasteiger partial charge in [-0.25, -0.2) is 13.6 Å². The summed E-state index contributed by atoms with van der Waals surface area (Å²) >= 11 is 0. The molecule has 0 aromatic rings. The largest absolute Gasteiger partial charge is 0.444 e. The van der Waals surface area contributed by atoms with Crippen LogP contribution in [0, 0.1) is 0 Å². The maximum Gasteiger partial charge on any atom is 0.410 e. The highest BCUT2D eigenvalue weighted by Crippen LogP contribution is 2.29. The highest BCUT2D eigenvalue weighted by atomic mass is 19.3. The first-order chi connectivity index (χ1) is 10.3. The van der Waals surface area contributed by atoms with E-state index in [1.165, 1.54) is 0 Å². The summed E-state index contributed by atoms with van der Waals surface area (Å²) in [7, 11) is 0. The number of carbonyl (C=O) groups excluding carboxylic acids is 1. The van der Waals surface area contributed by atoms with Gasteiger partial charge in [0.25, 0.3) is 6.43 Å². The fourth-order valence-corrected chi connectivity index (χ4v) is 2.73. The standard InChI is InChI=1S/C15H25F2NO4/c1-15(2,3)22-14(19)18-9-10(8-11(18)13(16)17)21-12-6-4-5-7-20-12/h10-13H,4-9H2,1-3H3. The van der Waals surface area contributed by atoms with Crippen LogP contribution in [0.4, 0.5) is 13.6 Å². The van der Waals surface area contributed by atoms with Crippen LogP contribution < -0.4 is 0 Å². The van der Waals surface area contributed by atoms with E-state index in [2.05, 4.69) is 0 Å². The van der Waals surface area contributed by atoms with E-state index in [1.54, 1.807) is 20.8 Å². The number of carbonyl (C=O) groups is 1. The van der Waals surface area contributed by atoms with Gasteiger partial charge in [-0.15, -0.1) is 0 Å². The Balaban J connectivity index is 1.95. The lowest BCUT2D eigenvalue weighted by Gasteiger charge is -2.28. The molecule has 22 heavy (non-hydrogen) atoms. The second-order valence-corrected chi connectivity index (χ2v) is 6.82. The van der Waals surface area contributed by atoms with Gasteiger partial charge < -0.3 is 14.2 Å². The van der Waals surface area contributed by atoms with E-state index < -0.39 is 30.3 Å². The zero-order valence-corrected chi connectivity index (χ0v) is 13.4. The van der Waals surface area contributed by atoms with Gasteiger partial charge in [0, 0.05) is 13.0 Å². The second-order valence-electron chi connectivity index (χ2n) is 6.82. The van der Waals surface area contributed by atoms with Crippen LogP contribution in [-0.2, 0) is 14.2 Å². The maximum atomic E-state index is 13.2. The molecule has 7 heteroatoms.